The summed E-state index contributed by atoms with van der Waals surface area (Å²) in [5, 5.41) is 9.50. The van der Waals surface area contributed by atoms with E-state index >= 15 is 0 Å². The Hall–Kier alpha value is -3.02. The summed E-state index contributed by atoms with van der Waals surface area (Å²) in [5.41, 5.74) is 0. The number of rotatable bonds is 3. The monoisotopic (exact) mass is 288 g/mol. The molecule has 0 bridgehead atoms. The standard InChI is InChI=1S/C15H12O6/c1-10(16)19-13-8-4-5-9-14(13)21-15(18)20-12-7-3-2-6-11(12)17/h2-9,17H,1H3. The number of aromatic hydroxyl groups is 1. The number of carbonyl (C=O) groups is 2. The van der Waals surface area contributed by atoms with Crippen LogP contribution in [-0.4, -0.2) is 17.2 Å². The summed E-state index contributed by atoms with van der Waals surface area (Å²) in [6, 6.07) is 12.1. The van der Waals surface area contributed by atoms with Crippen LogP contribution in [0.1, 0.15) is 6.92 Å². The maximum Gasteiger partial charge on any atom is 0.519 e. The average Bonchev–Trinajstić information content (AvgIpc) is 2.43. The van der Waals surface area contributed by atoms with Crippen LogP contribution < -0.4 is 14.2 Å². The van der Waals surface area contributed by atoms with Crippen molar-refractivity contribution in [2.75, 3.05) is 0 Å². The molecule has 0 saturated heterocycles. The predicted octanol–water partition coefficient (Wildman–Crippen LogP) is 2.90. The van der Waals surface area contributed by atoms with Crippen LogP contribution in [0.15, 0.2) is 48.5 Å². The summed E-state index contributed by atoms with van der Waals surface area (Å²) < 4.78 is 14.7. The number of ether oxygens (including phenoxy) is 3. The number of carbonyl (C=O) groups excluding carboxylic acids is 2. The highest BCUT2D eigenvalue weighted by Gasteiger charge is 2.14. The number of para-hydroxylation sites is 4. The van der Waals surface area contributed by atoms with Gasteiger partial charge in [0, 0.05) is 6.92 Å². The number of hydrogen-bond acceptors (Lipinski definition) is 6. The molecule has 0 atom stereocenters. The van der Waals surface area contributed by atoms with Crippen molar-refractivity contribution in [2.24, 2.45) is 0 Å². The van der Waals surface area contributed by atoms with E-state index in [9.17, 15) is 14.7 Å². The first kappa shape index (κ1) is 14.4. The second-order valence-corrected chi connectivity index (χ2v) is 3.96. The molecule has 0 aliphatic rings. The van der Waals surface area contributed by atoms with Gasteiger partial charge in [0.05, 0.1) is 0 Å². The van der Waals surface area contributed by atoms with Gasteiger partial charge in [-0.3, -0.25) is 4.79 Å². The van der Waals surface area contributed by atoms with Gasteiger partial charge in [0.1, 0.15) is 0 Å². The van der Waals surface area contributed by atoms with Gasteiger partial charge >= 0.3 is 12.1 Å². The normalized spacial score (nSPS) is 9.76. The predicted molar refractivity (Wildman–Crippen MR) is 72.5 cm³/mol. The van der Waals surface area contributed by atoms with Gasteiger partial charge in [0.25, 0.3) is 0 Å². The molecule has 0 aliphatic heterocycles. The molecule has 2 rings (SSSR count). The second-order valence-electron chi connectivity index (χ2n) is 3.96. The van der Waals surface area contributed by atoms with Crippen LogP contribution in [0.5, 0.6) is 23.0 Å². The minimum Gasteiger partial charge on any atom is -0.504 e. The molecule has 21 heavy (non-hydrogen) atoms. The number of phenols is 1. The second kappa shape index (κ2) is 6.42. The zero-order valence-corrected chi connectivity index (χ0v) is 11.1. The van der Waals surface area contributed by atoms with Gasteiger partial charge < -0.3 is 19.3 Å². The number of benzene rings is 2. The zero-order valence-electron chi connectivity index (χ0n) is 11.1. The highest BCUT2D eigenvalue weighted by atomic mass is 16.7. The summed E-state index contributed by atoms with van der Waals surface area (Å²) in [6.07, 6.45) is -1.06. The lowest BCUT2D eigenvalue weighted by Gasteiger charge is -2.09. The molecule has 0 amide bonds. The van der Waals surface area contributed by atoms with Crippen molar-refractivity contribution in [3.63, 3.8) is 0 Å². The molecule has 0 saturated carbocycles. The maximum absolute atomic E-state index is 11.7. The molecule has 0 aromatic heterocycles. The number of esters is 1. The highest BCUT2D eigenvalue weighted by Crippen LogP contribution is 2.28. The van der Waals surface area contributed by atoms with E-state index in [0.717, 1.165) is 0 Å². The smallest absolute Gasteiger partial charge is 0.504 e. The van der Waals surface area contributed by atoms with Gasteiger partial charge in [-0.25, -0.2) is 4.79 Å². The van der Waals surface area contributed by atoms with Gasteiger partial charge in [-0.1, -0.05) is 24.3 Å². The van der Waals surface area contributed by atoms with Gasteiger partial charge in [0.15, 0.2) is 23.0 Å². The molecular formula is C15H12O6. The van der Waals surface area contributed by atoms with Gasteiger partial charge in [-0.2, -0.15) is 0 Å². The molecule has 0 heterocycles. The summed E-state index contributed by atoms with van der Waals surface area (Å²) in [4.78, 5) is 22.6. The summed E-state index contributed by atoms with van der Waals surface area (Å²) in [5.74, 6) is -0.636. The van der Waals surface area contributed by atoms with Crippen molar-refractivity contribution in [1.29, 1.82) is 0 Å². The van der Waals surface area contributed by atoms with Crippen LogP contribution in [-0.2, 0) is 4.79 Å². The van der Waals surface area contributed by atoms with Crippen LogP contribution >= 0.6 is 0 Å². The Bertz CT molecular complexity index is 665. The van der Waals surface area contributed by atoms with Gasteiger partial charge in [0.2, 0.25) is 0 Å². The van der Waals surface area contributed by atoms with E-state index in [1.807, 2.05) is 0 Å². The van der Waals surface area contributed by atoms with Crippen LogP contribution in [0, 0.1) is 0 Å². The molecule has 0 aliphatic carbocycles. The molecule has 6 heteroatoms. The van der Waals surface area contributed by atoms with E-state index in [0.29, 0.717) is 0 Å². The fraction of sp³-hybridized carbons (Fsp3) is 0.0667. The first-order valence-corrected chi connectivity index (χ1v) is 6.01. The van der Waals surface area contributed by atoms with Gasteiger partial charge in [-0.05, 0) is 24.3 Å². The fourth-order valence-electron chi connectivity index (χ4n) is 1.52. The van der Waals surface area contributed by atoms with E-state index in [1.165, 1.54) is 31.2 Å². The van der Waals surface area contributed by atoms with E-state index < -0.39 is 12.1 Å². The molecule has 6 nitrogen and oxygen atoms in total. The van der Waals surface area contributed by atoms with Crippen molar-refractivity contribution in [1.82, 2.24) is 0 Å². The lowest BCUT2D eigenvalue weighted by atomic mass is 10.3. The molecule has 2 aromatic carbocycles. The Morgan fingerprint density at radius 2 is 1.29 bits per heavy atom. The number of phenolic OH excluding ortho intramolecular Hbond substituents is 1. The third-order valence-corrected chi connectivity index (χ3v) is 2.35. The molecule has 0 radical (unpaired) electrons. The van der Waals surface area contributed by atoms with E-state index in [2.05, 4.69) is 0 Å². The van der Waals surface area contributed by atoms with Crippen LogP contribution in [0.4, 0.5) is 4.79 Å². The fourth-order valence-corrected chi connectivity index (χ4v) is 1.52. The molecular weight excluding hydrogens is 276 g/mol. The van der Waals surface area contributed by atoms with E-state index in [4.69, 9.17) is 14.2 Å². The third-order valence-electron chi connectivity index (χ3n) is 2.35. The minimum atomic E-state index is -1.06. The summed E-state index contributed by atoms with van der Waals surface area (Å²) in [6.45, 7) is 1.23. The van der Waals surface area contributed by atoms with Crippen molar-refractivity contribution in [2.45, 2.75) is 6.92 Å². The van der Waals surface area contributed by atoms with E-state index in [-0.39, 0.29) is 23.0 Å². The van der Waals surface area contributed by atoms with Crippen molar-refractivity contribution in [3.05, 3.63) is 48.5 Å². The number of hydrogen-bond donors (Lipinski definition) is 1. The van der Waals surface area contributed by atoms with Gasteiger partial charge in [-0.15, -0.1) is 0 Å². The molecule has 108 valence electrons. The Labute approximate surface area is 120 Å². The molecule has 0 unspecified atom stereocenters. The Morgan fingerprint density at radius 3 is 1.86 bits per heavy atom. The first-order chi connectivity index (χ1) is 10.1. The average molecular weight is 288 g/mol. The first-order valence-electron chi connectivity index (χ1n) is 6.01. The Morgan fingerprint density at radius 1 is 0.810 bits per heavy atom. The van der Waals surface area contributed by atoms with Crippen molar-refractivity contribution < 1.29 is 28.9 Å². The summed E-state index contributed by atoms with van der Waals surface area (Å²) >= 11 is 0. The third kappa shape index (κ3) is 3.97. The van der Waals surface area contributed by atoms with Crippen molar-refractivity contribution in [3.8, 4) is 23.0 Å². The minimum absolute atomic E-state index is 0.0348. The molecule has 1 N–H and O–H groups in total. The highest BCUT2D eigenvalue weighted by molar-refractivity contribution is 5.73. The van der Waals surface area contributed by atoms with Crippen LogP contribution in [0.25, 0.3) is 0 Å². The molecule has 2 aromatic rings. The van der Waals surface area contributed by atoms with Crippen LogP contribution in [0.2, 0.25) is 0 Å². The lowest BCUT2D eigenvalue weighted by molar-refractivity contribution is -0.132. The largest absolute Gasteiger partial charge is 0.519 e. The summed E-state index contributed by atoms with van der Waals surface area (Å²) in [7, 11) is 0. The SMILES string of the molecule is CC(=O)Oc1ccccc1OC(=O)Oc1ccccc1O. The zero-order chi connectivity index (χ0) is 15.2. The molecule has 0 spiro atoms. The Kier molecular flexibility index (Phi) is 4.40. The maximum atomic E-state index is 11.7. The Balaban J connectivity index is 2.10. The molecule has 0 fully saturated rings. The van der Waals surface area contributed by atoms with Crippen molar-refractivity contribution >= 4 is 12.1 Å². The van der Waals surface area contributed by atoms with E-state index in [1.54, 1.807) is 24.3 Å². The lowest BCUT2D eigenvalue weighted by Crippen LogP contribution is -2.15. The quantitative estimate of drug-likeness (QED) is 0.531. The van der Waals surface area contributed by atoms with Crippen LogP contribution in [0.3, 0.4) is 0 Å². The topological polar surface area (TPSA) is 82.1 Å².